The molecule has 1 N–H and O–H groups in total. The smallest absolute Gasteiger partial charge is 0.339 e. The van der Waals surface area contributed by atoms with E-state index in [0.717, 1.165) is 40.5 Å². The number of halogens is 1. The van der Waals surface area contributed by atoms with Gasteiger partial charge in [0.1, 0.15) is 11.3 Å². The van der Waals surface area contributed by atoms with Crippen LogP contribution in [0.1, 0.15) is 28.7 Å². The Bertz CT molecular complexity index is 1150. The normalized spacial score (nSPS) is 12.8. The predicted molar refractivity (Wildman–Crippen MR) is 110 cm³/mol. The fourth-order valence-corrected chi connectivity index (χ4v) is 3.95. The molecule has 1 aromatic heterocycles. The summed E-state index contributed by atoms with van der Waals surface area (Å²) in [5.74, 6) is 0.247. The minimum atomic E-state index is -0.311. The summed E-state index contributed by atoms with van der Waals surface area (Å²) >= 11 is 6.17. The van der Waals surface area contributed by atoms with Gasteiger partial charge in [0, 0.05) is 5.56 Å². The Balaban J connectivity index is 1.60. The third-order valence-electron chi connectivity index (χ3n) is 4.94. The van der Waals surface area contributed by atoms with Crippen molar-refractivity contribution in [2.45, 2.75) is 33.1 Å². The van der Waals surface area contributed by atoms with Crippen molar-refractivity contribution in [1.82, 2.24) is 0 Å². The Morgan fingerprint density at radius 2 is 1.93 bits per heavy atom. The van der Waals surface area contributed by atoms with Gasteiger partial charge in [0.15, 0.2) is 6.61 Å². The zero-order chi connectivity index (χ0) is 19.8. The highest BCUT2D eigenvalue weighted by molar-refractivity contribution is 6.33. The lowest BCUT2D eigenvalue weighted by molar-refractivity contribution is -0.118. The zero-order valence-electron chi connectivity index (χ0n) is 15.7. The Morgan fingerprint density at radius 3 is 2.71 bits per heavy atom. The van der Waals surface area contributed by atoms with E-state index < -0.39 is 0 Å². The van der Waals surface area contributed by atoms with Gasteiger partial charge in [-0.25, -0.2) is 4.79 Å². The number of nitrogens with one attached hydrogen (secondary N) is 1. The molecule has 0 aliphatic heterocycles. The molecule has 1 amide bonds. The second-order valence-electron chi connectivity index (χ2n) is 7.16. The van der Waals surface area contributed by atoms with Crippen LogP contribution in [0.3, 0.4) is 0 Å². The third-order valence-corrected chi connectivity index (χ3v) is 5.25. The van der Waals surface area contributed by atoms with Crippen LogP contribution in [0.15, 0.2) is 39.5 Å². The summed E-state index contributed by atoms with van der Waals surface area (Å²) in [4.78, 5) is 24.6. The molecule has 4 rings (SSSR count). The molecular weight excluding hydrogens is 378 g/mol. The molecule has 1 heterocycles. The van der Waals surface area contributed by atoms with E-state index in [4.69, 9.17) is 20.8 Å². The quantitative estimate of drug-likeness (QED) is 0.655. The number of aryl methyl sites for hydroxylation is 3. The molecule has 144 valence electrons. The van der Waals surface area contributed by atoms with Crippen LogP contribution in [0, 0.1) is 13.8 Å². The van der Waals surface area contributed by atoms with E-state index in [1.54, 1.807) is 12.1 Å². The van der Waals surface area contributed by atoms with Crippen LogP contribution in [0.2, 0.25) is 5.02 Å². The lowest BCUT2D eigenvalue weighted by Gasteiger charge is -2.13. The van der Waals surface area contributed by atoms with Crippen molar-refractivity contribution in [1.29, 1.82) is 0 Å². The van der Waals surface area contributed by atoms with E-state index >= 15 is 0 Å². The average Bonchev–Trinajstić information content (AvgIpc) is 3.12. The SMILES string of the molecule is Cc1ccc(NC(=O)COc2cc(C)cc3oc(=O)c4c(c23)CCC4)c(Cl)c1. The van der Waals surface area contributed by atoms with Gasteiger partial charge in [-0.05, 0) is 74.1 Å². The maximum Gasteiger partial charge on any atom is 0.339 e. The van der Waals surface area contributed by atoms with Gasteiger partial charge >= 0.3 is 5.63 Å². The highest BCUT2D eigenvalue weighted by Gasteiger charge is 2.22. The number of carbonyl (C=O) groups excluding carboxylic acids is 1. The Morgan fingerprint density at radius 1 is 1.14 bits per heavy atom. The number of anilines is 1. The van der Waals surface area contributed by atoms with Gasteiger partial charge in [-0.2, -0.15) is 0 Å². The van der Waals surface area contributed by atoms with E-state index in [0.29, 0.717) is 28.5 Å². The summed E-state index contributed by atoms with van der Waals surface area (Å²) < 4.78 is 11.3. The van der Waals surface area contributed by atoms with Crippen LogP contribution in [0.25, 0.3) is 11.0 Å². The first-order chi connectivity index (χ1) is 13.4. The fourth-order valence-electron chi connectivity index (χ4n) is 3.67. The fraction of sp³-hybridized carbons (Fsp3) is 0.273. The Labute approximate surface area is 167 Å². The van der Waals surface area contributed by atoms with Crippen LogP contribution in [0.4, 0.5) is 5.69 Å². The van der Waals surface area contributed by atoms with Crippen molar-refractivity contribution >= 4 is 34.2 Å². The van der Waals surface area contributed by atoms with Crippen molar-refractivity contribution in [3.63, 3.8) is 0 Å². The highest BCUT2D eigenvalue weighted by atomic mass is 35.5. The summed E-state index contributed by atoms with van der Waals surface area (Å²) in [6, 6.07) is 9.12. The van der Waals surface area contributed by atoms with Crippen LogP contribution < -0.4 is 15.7 Å². The first-order valence-corrected chi connectivity index (χ1v) is 9.58. The van der Waals surface area contributed by atoms with E-state index in [9.17, 15) is 9.59 Å². The third kappa shape index (κ3) is 3.50. The molecule has 0 unspecified atom stereocenters. The van der Waals surface area contributed by atoms with Gasteiger partial charge in [-0.3, -0.25) is 4.79 Å². The lowest BCUT2D eigenvalue weighted by atomic mass is 10.0. The van der Waals surface area contributed by atoms with Gasteiger partial charge in [-0.15, -0.1) is 0 Å². The Kier molecular flexibility index (Phi) is 4.85. The summed E-state index contributed by atoms with van der Waals surface area (Å²) in [7, 11) is 0. The minimum Gasteiger partial charge on any atom is -0.483 e. The maximum atomic E-state index is 12.4. The summed E-state index contributed by atoms with van der Waals surface area (Å²) in [6.45, 7) is 3.66. The van der Waals surface area contributed by atoms with Crippen molar-refractivity contribution < 1.29 is 13.9 Å². The average molecular weight is 398 g/mol. The maximum absolute atomic E-state index is 12.4. The molecule has 0 radical (unpaired) electrons. The number of ether oxygens (including phenoxy) is 1. The van der Waals surface area contributed by atoms with Crippen molar-refractivity contribution in [3.8, 4) is 5.75 Å². The van der Waals surface area contributed by atoms with E-state index in [1.165, 1.54) is 0 Å². The molecular formula is C22H20ClNO4. The van der Waals surface area contributed by atoms with Gasteiger partial charge < -0.3 is 14.5 Å². The Hall–Kier alpha value is -2.79. The molecule has 3 aromatic rings. The standard InChI is InChI=1S/C22H20ClNO4/c1-12-6-7-17(16(23)8-12)24-20(25)11-27-18-9-13(2)10-19-21(18)14-4-3-5-15(14)22(26)28-19/h6-10H,3-5,11H2,1-2H3,(H,24,25). The van der Waals surface area contributed by atoms with Crippen LogP contribution in [-0.2, 0) is 17.6 Å². The van der Waals surface area contributed by atoms with Gasteiger partial charge in [-0.1, -0.05) is 17.7 Å². The molecule has 0 fully saturated rings. The van der Waals surface area contributed by atoms with Crippen molar-refractivity contribution in [2.75, 3.05) is 11.9 Å². The number of hydrogen-bond donors (Lipinski definition) is 1. The number of carbonyl (C=O) groups is 1. The molecule has 1 aliphatic carbocycles. The topological polar surface area (TPSA) is 68.5 Å². The monoisotopic (exact) mass is 397 g/mol. The van der Waals surface area contributed by atoms with Crippen molar-refractivity contribution in [3.05, 3.63) is 68.0 Å². The second kappa shape index (κ2) is 7.32. The predicted octanol–water partition coefficient (Wildman–Crippen LogP) is 4.57. The van der Waals surface area contributed by atoms with E-state index in [-0.39, 0.29) is 18.1 Å². The number of rotatable bonds is 4. The molecule has 0 atom stereocenters. The van der Waals surface area contributed by atoms with Crippen molar-refractivity contribution in [2.24, 2.45) is 0 Å². The molecule has 0 saturated carbocycles. The lowest BCUT2D eigenvalue weighted by Crippen LogP contribution is -2.20. The van der Waals surface area contributed by atoms with Crippen LogP contribution in [-0.4, -0.2) is 12.5 Å². The van der Waals surface area contributed by atoms with E-state index in [1.807, 2.05) is 32.0 Å². The molecule has 0 spiro atoms. The summed E-state index contributed by atoms with van der Waals surface area (Å²) in [5.41, 5.74) is 4.37. The molecule has 2 aromatic carbocycles. The first kappa shape index (κ1) is 18.6. The van der Waals surface area contributed by atoms with Gasteiger partial charge in [0.25, 0.3) is 5.91 Å². The van der Waals surface area contributed by atoms with Crippen LogP contribution in [0.5, 0.6) is 5.75 Å². The number of amides is 1. The summed E-state index contributed by atoms with van der Waals surface area (Å²) in [5, 5.41) is 4.03. The number of fused-ring (bicyclic) bond motifs is 3. The molecule has 5 nitrogen and oxygen atoms in total. The molecule has 1 aliphatic rings. The first-order valence-electron chi connectivity index (χ1n) is 9.20. The molecule has 6 heteroatoms. The summed E-state index contributed by atoms with van der Waals surface area (Å²) in [6.07, 6.45) is 2.44. The molecule has 0 bridgehead atoms. The molecule has 0 saturated heterocycles. The van der Waals surface area contributed by atoms with Gasteiger partial charge in [0.2, 0.25) is 0 Å². The number of benzene rings is 2. The van der Waals surface area contributed by atoms with Crippen LogP contribution >= 0.6 is 11.6 Å². The second-order valence-corrected chi connectivity index (χ2v) is 7.56. The van der Waals surface area contributed by atoms with Gasteiger partial charge in [0.05, 0.1) is 16.1 Å². The largest absolute Gasteiger partial charge is 0.483 e. The number of hydrogen-bond acceptors (Lipinski definition) is 4. The van der Waals surface area contributed by atoms with E-state index in [2.05, 4.69) is 5.32 Å². The minimum absolute atomic E-state index is 0.170. The zero-order valence-corrected chi connectivity index (χ0v) is 16.5. The highest BCUT2D eigenvalue weighted by Crippen LogP contribution is 2.35. The molecule has 28 heavy (non-hydrogen) atoms.